The van der Waals surface area contributed by atoms with Gasteiger partial charge in [-0.2, -0.15) is 0 Å². The maximum atomic E-state index is 6.06. The van der Waals surface area contributed by atoms with Gasteiger partial charge in [-0.05, 0) is 35.6 Å². The number of hydrogen-bond acceptors (Lipinski definition) is 5. The Bertz CT molecular complexity index is 441. The largest absolute Gasteiger partial charge is 0.493 e. The van der Waals surface area contributed by atoms with E-state index in [0.29, 0.717) is 11.2 Å². The number of methoxy groups -OCH3 is 1. The zero-order valence-electron chi connectivity index (χ0n) is 11.7. The number of benzene rings is 1. The van der Waals surface area contributed by atoms with E-state index in [-0.39, 0.29) is 6.10 Å². The third-order valence-electron chi connectivity index (χ3n) is 3.47. The highest BCUT2D eigenvalue weighted by molar-refractivity contribution is 8.16. The molecule has 1 aromatic rings. The second kappa shape index (κ2) is 6.96. The Balaban J connectivity index is 1.78. The lowest BCUT2D eigenvalue weighted by atomic mass is 10.2. The number of thioether (sulfide) groups is 2. The van der Waals surface area contributed by atoms with Gasteiger partial charge in [-0.25, -0.2) is 0 Å². The van der Waals surface area contributed by atoms with Crippen LogP contribution in [0.4, 0.5) is 0 Å². The average molecular weight is 312 g/mol. The number of ether oxygens (including phenoxy) is 3. The van der Waals surface area contributed by atoms with Crippen molar-refractivity contribution in [2.24, 2.45) is 0 Å². The minimum atomic E-state index is 0.158. The third-order valence-corrected chi connectivity index (χ3v) is 6.48. The van der Waals surface area contributed by atoms with Crippen molar-refractivity contribution < 1.29 is 14.2 Å². The van der Waals surface area contributed by atoms with Gasteiger partial charge in [0.05, 0.1) is 24.9 Å². The Morgan fingerprint density at radius 1 is 1.20 bits per heavy atom. The van der Waals surface area contributed by atoms with Crippen molar-refractivity contribution >= 4 is 23.5 Å². The highest BCUT2D eigenvalue weighted by Gasteiger charge is 2.22. The van der Waals surface area contributed by atoms with E-state index in [1.807, 2.05) is 29.6 Å². The Morgan fingerprint density at radius 3 is 2.75 bits per heavy atom. The highest BCUT2D eigenvalue weighted by Crippen LogP contribution is 2.45. The maximum absolute atomic E-state index is 6.06. The summed E-state index contributed by atoms with van der Waals surface area (Å²) in [7, 11) is 1.69. The Morgan fingerprint density at radius 2 is 2.05 bits per heavy atom. The molecule has 20 heavy (non-hydrogen) atoms. The van der Waals surface area contributed by atoms with Crippen molar-refractivity contribution in [3.8, 4) is 11.5 Å². The monoisotopic (exact) mass is 312 g/mol. The van der Waals surface area contributed by atoms with Crippen molar-refractivity contribution in [3.05, 3.63) is 23.8 Å². The van der Waals surface area contributed by atoms with Crippen molar-refractivity contribution in [1.82, 2.24) is 0 Å². The molecular formula is C15H20O3S2. The minimum Gasteiger partial charge on any atom is -0.493 e. The zero-order chi connectivity index (χ0) is 13.8. The van der Waals surface area contributed by atoms with Crippen LogP contribution in [0.3, 0.4) is 0 Å². The second-order valence-electron chi connectivity index (χ2n) is 4.94. The summed E-state index contributed by atoms with van der Waals surface area (Å²) in [5.41, 5.74) is 1.33. The van der Waals surface area contributed by atoms with Gasteiger partial charge >= 0.3 is 0 Å². The topological polar surface area (TPSA) is 27.7 Å². The Hall–Kier alpha value is -0.520. The molecule has 2 aliphatic rings. The molecule has 0 N–H and O–H groups in total. The smallest absolute Gasteiger partial charge is 0.162 e. The molecule has 0 spiro atoms. The molecule has 2 aliphatic heterocycles. The van der Waals surface area contributed by atoms with Gasteiger partial charge in [0, 0.05) is 6.42 Å². The summed E-state index contributed by atoms with van der Waals surface area (Å²) in [4.78, 5) is 0. The molecule has 0 radical (unpaired) electrons. The maximum Gasteiger partial charge on any atom is 0.162 e. The normalized spacial score (nSPS) is 23.8. The van der Waals surface area contributed by atoms with Gasteiger partial charge in [0.15, 0.2) is 11.5 Å². The van der Waals surface area contributed by atoms with E-state index in [0.717, 1.165) is 24.5 Å². The van der Waals surface area contributed by atoms with Crippen LogP contribution in [0.25, 0.3) is 0 Å². The van der Waals surface area contributed by atoms with Crippen LogP contribution >= 0.6 is 23.5 Å². The molecular weight excluding hydrogens is 292 g/mol. The van der Waals surface area contributed by atoms with E-state index in [4.69, 9.17) is 14.2 Å². The van der Waals surface area contributed by atoms with Crippen molar-refractivity contribution in [3.63, 3.8) is 0 Å². The van der Waals surface area contributed by atoms with Gasteiger partial charge in [0.25, 0.3) is 0 Å². The second-order valence-corrected chi connectivity index (χ2v) is 7.67. The van der Waals surface area contributed by atoms with Crippen LogP contribution in [0.5, 0.6) is 11.5 Å². The van der Waals surface area contributed by atoms with Gasteiger partial charge < -0.3 is 14.2 Å². The third kappa shape index (κ3) is 3.38. The Labute approximate surface area is 128 Å². The van der Waals surface area contributed by atoms with Crippen LogP contribution in [0.1, 0.15) is 23.0 Å². The lowest BCUT2D eigenvalue weighted by Crippen LogP contribution is -2.16. The zero-order valence-corrected chi connectivity index (χ0v) is 13.3. The molecule has 1 aromatic carbocycles. The van der Waals surface area contributed by atoms with E-state index in [1.165, 1.54) is 23.5 Å². The minimum absolute atomic E-state index is 0.158. The average Bonchev–Trinajstić information content (AvgIpc) is 3.01. The molecule has 0 unspecified atom stereocenters. The summed E-state index contributed by atoms with van der Waals surface area (Å²) >= 11 is 4.05. The van der Waals surface area contributed by atoms with E-state index in [1.54, 1.807) is 7.11 Å². The molecule has 110 valence electrons. The predicted octanol–water partition coefficient (Wildman–Crippen LogP) is 3.73. The van der Waals surface area contributed by atoms with Crippen LogP contribution in [-0.4, -0.2) is 37.9 Å². The standard InChI is InChI=1S/C15H20O3S2/c1-16-13-4-3-11(15-19-7-2-8-20-15)9-14(13)18-12-5-6-17-10-12/h3-4,9,12,15H,2,5-8,10H2,1H3/t12-/m1/s1. The predicted molar refractivity (Wildman–Crippen MR) is 85.1 cm³/mol. The van der Waals surface area contributed by atoms with E-state index in [9.17, 15) is 0 Å². The summed E-state index contributed by atoms with van der Waals surface area (Å²) in [6, 6.07) is 6.33. The lowest BCUT2D eigenvalue weighted by Gasteiger charge is -2.23. The Kier molecular flexibility index (Phi) is 5.02. The molecule has 0 amide bonds. The lowest BCUT2D eigenvalue weighted by molar-refractivity contribution is 0.138. The summed E-state index contributed by atoms with van der Waals surface area (Å²) < 4.78 is 17.4. The molecule has 5 heteroatoms. The molecule has 1 atom stereocenters. The summed E-state index contributed by atoms with van der Waals surface area (Å²) in [5, 5.41) is 0. The summed E-state index contributed by atoms with van der Waals surface area (Å²) in [6.07, 6.45) is 2.43. The van der Waals surface area contributed by atoms with Gasteiger partial charge in [-0.15, -0.1) is 23.5 Å². The van der Waals surface area contributed by atoms with E-state index >= 15 is 0 Å². The van der Waals surface area contributed by atoms with Crippen LogP contribution in [-0.2, 0) is 4.74 Å². The quantitative estimate of drug-likeness (QED) is 0.844. The van der Waals surface area contributed by atoms with Crippen molar-refractivity contribution in [1.29, 1.82) is 0 Å². The molecule has 3 rings (SSSR count). The first-order valence-electron chi connectivity index (χ1n) is 7.02. The molecule has 2 fully saturated rings. The van der Waals surface area contributed by atoms with Crippen molar-refractivity contribution in [2.45, 2.75) is 23.5 Å². The molecule has 0 aromatic heterocycles. The number of hydrogen-bond donors (Lipinski definition) is 0. The number of rotatable bonds is 4. The highest BCUT2D eigenvalue weighted by atomic mass is 32.2. The fourth-order valence-electron chi connectivity index (χ4n) is 2.40. The van der Waals surface area contributed by atoms with Crippen LogP contribution in [0.2, 0.25) is 0 Å². The van der Waals surface area contributed by atoms with E-state index < -0.39 is 0 Å². The van der Waals surface area contributed by atoms with Gasteiger partial charge in [0.2, 0.25) is 0 Å². The first kappa shape index (κ1) is 14.4. The summed E-state index contributed by atoms with van der Waals surface area (Å²) in [5.74, 6) is 4.16. The van der Waals surface area contributed by atoms with E-state index in [2.05, 4.69) is 12.1 Å². The molecule has 0 aliphatic carbocycles. The van der Waals surface area contributed by atoms with Gasteiger partial charge in [-0.1, -0.05) is 6.07 Å². The first-order chi connectivity index (χ1) is 9.86. The first-order valence-corrected chi connectivity index (χ1v) is 9.12. The molecule has 3 nitrogen and oxygen atoms in total. The fourth-order valence-corrected chi connectivity index (χ4v) is 5.27. The van der Waals surface area contributed by atoms with Crippen molar-refractivity contribution in [2.75, 3.05) is 31.8 Å². The fraction of sp³-hybridized carbons (Fsp3) is 0.600. The molecule has 2 saturated heterocycles. The summed E-state index contributed by atoms with van der Waals surface area (Å²) in [6.45, 7) is 1.47. The SMILES string of the molecule is COc1ccc(C2SCCCS2)cc1O[C@@H]1CCOC1. The van der Waals surface area contributed by atoms with Gasteiger partial charge in [0.1, 0.15) is 6.10 Å². The molecule has 2 heterocycles. The van der Waals surface area contributed by atoms with Crippen LogP contribution < -0.4 is 9.47 Å². The van der Waals surface area contributed by atoms with Gasteiger partial charge in [-0.3, -0.25) is 0 Å². The van der Waals surface area contributed by atoms with Crippen LogP contribution in [0.15, 0.2) is 18.2 Å². The molecule has 0 bridgehead atoms. The van der Waals surface area contributed by atoms with Crippen LogP contribution in [0, 0.1) is 0 Å². The molecule has 0 saturated carbocycles.